The summed E-state index contributed by atoms with van der Waals surface area (Å²) in [5.41, 5.74) is 3.54. The lowest BCUT2D eigenvalue weighted by Crippen LogP contribution is -2.45. The number of fused-ring (bicyclic) bond motifs is 1. The molecule has 6 nitrogen and oxygen atoms in total. The van der Waals surface area contributed by atoms with Gasteiger partial charge in [-0.25, -0.2) is 0 Å². The molecule has 2 aromatic carbocycles. The fourth-order valence-corrected chi connectivity index (χ4v) is 4.46. The van der Waals surface area contributed by atoms with E-state index in [9.17, 15) is 13.2 Å². The van der Waals surface area contributed by atoms with E-state index in [-0.39, 0.29) is 17.9 Å². The lowest BCUT2D eigenvalue weighted by Gasteiger charge is -2.34. The van der Waals surface area contributed by atoms with E-state index in [2.05, 4.69) is 37.4 Å². The number of benzene rings is 2. The van der Waals surface area contributed by atoms with E-state index in [1.54, 1.807) is 12.1 Å². The first-order valence-corrected chi connectivity index (χ1v) is 10.7. The van der Waals surface area contributed by atoms with Crippen molar-refractivity contribution >= 4 is 0 Å². The number of aromatic nitrogens is 2. The molecule has 1 aromatic heterocycles. The van der Waals surface area contributed by atoms with Crippen LogP contribution in [0.4, 0.5) is 13.2 Å². The Bertz CT molecular complexity index is 1080. The van der Waals surface area contributed by atoms with E-state index in [1.165, 1.54) is 5.56 Å². The van der Waals surface area contributed by atoms with Crippen LogP contribution in [-0.4, -0.2) is 29.3 Å². The summed E-state index contributed by atoms with van der Waals surface area (Å²) >= 11 is 0. The average Bonchev–Trinajstić information content (AvgIpc) is 3.48. The van der Waals surface area contributed by atoms with Crippen LogP contribution in [0.25, 0.3) is 11.4 Å². The van der Waals surface area contributed by atoms with Crippen molar-refractivity contribution in [3.63, 3.8) is 0 Å². The normalized spacial score (nSPS) is 20.7. The van der Waals surface area contributed by atoms with Gasteiger partial charge in [0.15, 0.2) is 0 Å². The maximum Gasteiger partial charge on any atom is 0.471 e. The predicted octanol–water partition coefficient (Wildman–Crippen LogP) is 4.27. The fourth-order valence-electron chi connectivity index (χ4n) is 4.46. The number of nitrogens with zero attached hydrogens (tertiary/aromatic N) is 2. The zero-order chi connectivity index (χ0) is 22.1. The Hall–Kier alpha value is -2.91. The van der Waals surface area contributed by atoms with Gasteiger partial charge in [-0.1, -0.05) is 35.5 Å². The SMILES string of the molecule is FC(F)(F)c1nc(-c2cc3c(c(CNC4CCCNC4c4ccccc4)c2)OCC3)no1. The third-order valence-electron chi connectivity index (χ3n) is 5.96. The molecule has 0 spiro atoms. The van der Waals surface area contributed by atoms with Gasteiger partial charge in [0.05, 0.1) is 6.61 Å². The largest absolute Gasteiger partial charge is 0.493 e. The summed E-state index contributed by atoms with van der Waals surface area (Å²) in [6.45, 7) is 2.03. The van der Waals surface area contributed by atoms with Crippen LogP contribution in [0, 0.1) is 0 Å². The molecule has 2 atom stereocenters. The maximum atomic E-state index is 12.9. The Kier molecular flexibility index (Phi) is 5.60. The standard InChI is InChI=1S/C23H23F3N4O2/c24-23(25,26)22-29-21(30-32-22)16-11-15-8-10-31-20(15)17(12-16)13-28-18-7-4-9-27-19(18)14-5-2-1-3-6-14/h1-3,5-6,11-12,18-19,27-28H,4,7-10,13H2. The Morgan fingerprint density at radius 2 is 2.00 bits per heavy atom. The number of hydrogen-bond acceptors (Lipinski definition) is 6. The van der Waals surface area contributed by atoms with Crippen molar-refractivity contribution in [1.29, 1.82) is 0 Å². The molecule has 2 aliphatic rings. The number of hydrogen-bond donors (Lipinski definition) is 2. The van der Waals surface area contributed by atoms with Crippen molar-refractivity contribution < 1.29 is 22.4 Å². The van der Waals surface area contributed by atoms with Gasteiger partial charge in [0, 0.05) is 36.2 Å². The van der Waals surface area contributed by atoms with Crippen LogP contribution in [0.15, 0.2) is 47.0 Å². The topological polar surface area (TPSA) is 72.2 Å². The molecule has 0 bridgehead atoms. The fraction of sp³-hybridized carbons (Fsp3) is 0.391. The van der Waals surface area contributed by atoms with Crippen LogP contribution in [0.3, 0.4) is 0 Å². The van der Waals surface area contributed by atoms with Gasteiger partial charge in [-0.2, -0.15) is 18.2 Å². The monoisotopic (exact) mass is 444 g/mol. The number of nitrogens with one attached hydrogen (secondary N) is 2. The Labute approximate surface area is 183 Å². The highest BCUT2D eigenvalue weighted by molar-refractivity contribution is 5.62. The van der Waals surface area contributed by atoms with Crippen LogP contribution < -0.4 is 15.4 Å². The highest BCUT2D eigenvalue weighted by atomic mass is 19.4. The lowest BCUT2D eigenvalue weighted by molar-refractivity contribution is -0.159. The van der Waals surface area contributed by atoms with Gasteiger partial charge >= 0.3 is 12.1 Å². The second kappa shape index (κ2) is 8.55. The van der Waals surface area contributed by atoms with E-state index in [0.717, 1.165) is 36.3 Å². The Morgan fingerprint density at radius 1 is 1.16 bits per heavy atom. The molecule has 2 aliphatic heterocycles. The molecule has 2 unspecified atom stereocenters. The number of rotatable bonds is 5. The van der Waals surface area contributed by atoms with E-state index >= 15 is 0 Å². The van der Waals surface area contributed by atoms with Crippen LogP contribution >= 0.6 is 0 Å². The molecule has 2 N–H and O–H groups in total. The summed E-state index contributed by atoms with van der Waals surface area (Å²) < 4.78 is 48.9. The zero-order valence-corrected chi connectivity index (χ0v) is 17.3. The summed E-state index contributed by atoms with van der Waals surface area (Å²) in [6, 6.07) is 14.3. The van der Waals surface area contributed by atoms with Crippen molar-refractivity contribution in [2.24, 2.45) is 0 Å². The van der Waals surface area contributed by atoms with E-state index in [4.69, 9.17) is 4.74 Å². The quantitative estimate of drug-likeness (QED) is 0.612. The summed E-state index contributed by atoms with van der Waals surface area (Å²) in [5.74, 6) is -0.626. The van der Waals surface area contributed by atoms with Gasteiger partial charge in [0.1, 0.15) is 5.75 Å². The predicted molar refractivity (Wildman–Crippen MR) is 111 cm³/mol. The van der Waals surface area contributed by atoms with Crippen molar-refractivity contribution in [2.75, 3.05) is 13.2 Å². The molecular formula is C23H23F3N4O2. The van der Waals surface area contributed by atoms with Gasteiger partial charge < -0.3 is 19.9 Å². The first kappa shape index (κ1) is 21.0. The van der Waals surface area contributed by atoms with Crippen molar-refractivity contribution in [2.45, 2.75) is 44.1 Å². The maximum absolute atomic E-state index is 12.9. The van der Waals surface area contributed by atoms with Gasteiger partial charge in [0.2, 0.25) is 5.82 Å². The molecule has 3 aromatic rings. The number of halogens is 3. The molecule has 32 heavy (non-hydrogen) atoms. The van der Waals surface area contributed by atoms with Crippen LogP contribution in [0.5, 0.6) is 5.75 Å². The number of ether oxygens (including phenoxy) is 1. The minimum absolute atomic E-state index is 0.0743. The molecular weight excluding hydrogens is 421 g/mol. The third-order valence-corrected chi connectivity index (χ3v) is 5.96. The second-order valence-electron chi connectivity index (χ2n) is 8.12. The summed E-state index contributed by atoms with van der Waals surface area (Å²) in [6.07, 6.45) is -1.89. The molecule has 1 saturated heterocycles. The first-order chi connectivity index (χ1) is 15.5. The van der Waals surface area contributed by atoms with E-state index in [1.807, 2.05) is 18.2 Å². The van der Waals surface area contributed by atoms with E-state index < -0.39 is 12.1 Å². The Morgan fingerprint density at radius 3 is 2.78 bits per heavy atom. The van der Waals surface area contributed by atoms with Gasteiger partial charge in [0.25, 0.3) is 0 Å². The van der Waals surface area contributed by atoms with Crippen molar-refractivity contribution in [1.82, 2.24) is 20.8 Å². The third kappa shape index (κ3) is 4.22. The number of piperidine rings is 1. The lowest BCUT2D eigenvalue weighted by atomic mass is 9.92. The summed E-state index contributed by atoms with van der Waals surface area (Å²) in [4.78, 5) is 3.55. The van der Waals surface area contributed by atoms with Gasteiger partial charge in [-0.05, 0) is 42.6 Å². The molecule has 1 fully saturated rings. The minimum atomic E-state index is -4.67. The molecule has 0 amide bonds. The number of alkyl halides is 3. The molecule has 3 heterocycles. The second-order valence-corrected chi connectivity index (χ2v) is 8.12. The molecule has 0 aliphatic carbocycles. The van der Waals surface area contributed by atoms with Crippen LogP contribution in [0.1, 0.15) is 41.5 Å². The summed E-state index contributed by atoms with van der Waals surface area (Å²) in [5, 5.41) is 10.8. The summed E-state index contributed by atoms with van der Waals surface area (Å²) in [7, 11) is 0. The molecule has 5 rings (SSSR count). The first-order valence-electron chi connectivity index (χ1n) is 10.7. The highest BCUT2D eigenvalue weighted by Crippen LogP contribution is 2.36. The molecule has 168 valence electrons. The molecule has 0 radical (unpaired) electrons. The zero-order valence-electron chi connectivity index (χ0n) is 17.3. The Balaban J connectivity index is 1.39. The van der Waals surface area contributed by atoms with Crippen LogP contribution in [-0.2, 0) is 19.1 Å². The molecule has 9 heteroatoms. The average molecular weight is 444 g/mol. The van der Waals surface area contributed by atoms with Gasteiger partial charge in [-0.15, -0.1) is 0 Å². The van der Waals surface area contributed by atoms with Crippen molar-refractivity contribution in [3.05, 3.63) is 65.0 Å². The highest BCUT2D eigenvalue weighted by Gasteiger charge is 2.38. The van der Waals surface area contributed by atoms with E-state index in [0.29, 0.717) is 25.1 Å². The van der Waals surface area contributed by atoms with Crippen LogP contribution in [0.2, 0.25) is 0 Å². The minimum Gasteiger partial charge on any atom is -0.493 e. The smallest absolute Gasteiger partial charge is 0.471 e. The molecule has 0 saturated carbocycles. The van der Waals surface area contributed by atoms with Gasteiger partial charge in [-0.3, -0.25) is 0 Å². The van der Waals surface area contributed by atoms with Crippen molar-refractivity contribution in [3.8, 4) is 17.1 Å².